The Labute approximate surface area is 189 Å². The molecule has 1 aromatic heterocycles. The number of carbonyl (C=O) groups excluding carboxylic acids is 3. The standard InChI is InChI=1S/C18H31N9O6/c1-9(28)14(17(32)33)27-16(31)12(3-2-4-23-18(20)21)26-13(29)7-24-15(30)11(19)5-10-6-22-8-25-10/h6,8-9,11-12,14,28H,2-5,7,19H2,1H3,(H,22,25)(H,24,30)(H,26,29)(H,27,31)(H,32,33)(H4,20,21,23). The molecule has 0 aliphatic heterocycles. The predicted octanol–water partition coefficient (Wildman–Crippen LogP) is -4.12. The molecular weight excluding hydrogens is 438 g/mol. The topological polar surface area (TPSA) is 264 Å². The Morgan fingerprint density at radius 1 is 1.21 bits per heavy atom. The van der Waals surface area contributed by atoms with Crippen LogP contribution in [-0.4, -0.2) is 87.2 Å². The number of H-pyrrole nitrogens is 1. The van der Waals surface area contributed by atoms with Gasteiger partial charge in [-0.25, -0.2) is 9.78 Å². The van der Waals surface area contributed by atoms with Crippen LogP contribution in [0.4, 0.5) is 0 Å². The van der Waals surface area contributed by atoms with E-state index in [2.05, 4.69) is 30.9 Å². The van der Waals surface area contributed by atoms with E-state index < -0.39 is 54.5 Å². The third kappa shape index (κ3) is 10.4. The number of hydrogen-bond acceptors (Lipinski definition) is 8. The quantitative estimate of drug-likeness (QED) is 0.0721. The SMILES string of the molecule is CC(O)C(NC(=O)C(CCCN=C(N)N)NC(=O)CNC(=O)C(N)Cc1cnc[nH]1)C(=O)O. The van der Waals surface area contributed by atoms with Crippen molar-refractivity contribution in [2.45, 2.75) is 50.4 Å². The van der Waals surface area contributed by atoms with Crippen molar-refractivity contribution in [3.8, 4) is 0 Å². The first kappa shape index (κ1) is 27.3. The van der Waals surface area contributed by atoms with E-state index in [0.29, 0.717) is 5.69 Å². The maximum atomic E-state index is 12.5. The van der Waals surface area contributed by atoms with E-state index in [-0.39, 0.29) is 31.8 Å². The number of amides is 3. The minimum Gasteiger partial charge on any atom is -0.480 e. The third-order valence-corrected chi connectivity index (χ3v) is 4.40. The zero-order chi connectivity index (χ0) is 25.0. The number of carboxylic acids is 1. The van der Waals surface area contributed by atoms with Crippen molar-refractivity contribution >= 4 is 29.7 Å². The number of nitrogens with two attached hydrogens (primary N) is 3. The summed E-state index contributed by atoms with van der Waals surface area (Å²) in [6.07, 6.45) is 2.11. The van der Waals surface area contributed by atoms with Crippen LogP contribution >= 0.6 is 0 Å². The van der Waals surface area contributed by atoms with Crippen LogP contribution in [0.3, 0.4) is 0 Å². The normalized spacial score (nSPS) is 14.3. The van der Waals surface area contributed by atoms with Crippen molar-refractivity contribution in [3.63, 3.8) is 0 Å². The summed E-state index contributed by atoms with van der Waals surface area (Å²) in [5.74, 6) is -3.71. The Morgan fingerprint density at radius 3 is 2.45 bits per heavy atom. The Bertz CT molecular complexity index is 823. The Kier molecular flexibility index (Phi) is 11.3. The van der Waals surface area contributed by atoms with Crippen LogP contribution < -0.4 is 33.2 Å². The predicted molar refractivity (Wildman–Crippen MR) is 116 cm³/mol. The van der Waals surface area contributed by atoms with E-state index >= 15 is 0 Å². The number of hydrogen-bond donors (Lipinski definition) is 9. The summed E-state index contributed by atoms with van der Waals surface area (Å²) in [7, 11) is 0. The second-order valence-electron chi connectivity index (χ2n) is 7.24. The molecule has 3 amide bonds. The van der Waals surface area contributed by atoms with Gasteiger partial charge in [-0.1, -0.05) is 0 Å². The molecule has 0 spiro atoms. The average molecular weight is 470 g/mol. The van der Waals surface area contributed by atoms with Crippen LogP contribution in [0.25, 0.3) is 0 Å². The summed E-state index contributed by atoms with van der Waals surface area (Å²) in [5.41, 5.74) is 16.9. The Balaban J connectivity index is 2.68. The van der Waals surface area contributed by atoms with E-state index in [9.17, 15) is 24.3 Å². The molecule has 4 atom stereocenters. The van der Waals surface area contributed by atoms with Crippen molar-refractivity contribution in [3.05, 3.63) is 18.2 Å². The molecule has 0 saturated heterocycles. The molecule has 4 unspecified atom stereocenters. The summed E-state index contributed by atoms with van der Waals surface area (Å²) >= 11 is 0. The zero-order valence-corrected chi connectivity index (χ0v) is 18.2. The second-order valence-corrected chi connectivity index (χ2v) is 7.24. The van der Waals surface area contributed by atoms with Gasteiger partial charge in [0, 0.05) is 24.9 Å². The summed E-state index contributed by atoms with van der Waals surface area (Å²) in [6.45, 7) is 0.902. The van der Waals surface area contributed by atoms with Crippen molar-refractivity contribution < 1.29 is 29.4 Å². The summed E-state index contributed by atoms with van der Waals surface area (Å²) in [4.78, 5) is 58.6. The number of rotatable bonds is 14. The van der Waals surface area contributed by atoms with Gasteiger partial charge in [0.05, 0.1) is 25.0 Å². The molecule has 1 heterocycles. The van der Waals surface area contributed by atoms with Gasteiger partial charge in [-0.3, -0.25) is 19.4 Å². The van der Waals surface area contributed by atoms with Gasteiger partial charge in [0.15, 0.2) is 12.0 Å². The Morgan fingerprint density at radius 2 is 1.91 bits per heavy atom. The summed E-state index contributed by atoms with van der Waals surface area (Å²) in [6, 6.07) is -3.67. The number of aliphatic hydroxyl groups excluding tert-OH is 1. The lowest BCUT2D eigenvalue weighted by Crippen LogP contribution is -2.56. The van der Waals surface area contributed by atoms with Crippen LogP contribution in [0.15, 0.2) is 17.5 Å². The fourth-order valence-electron chi connectivity index (χ4n) is 2.68. The van der Waals surface area contributed by atoms with E-state index in [4.69, 9.17) is 22.3 Å². The lowest BCUT2D eigenvalue weighted by Gasteiger charge is -2.23. The molecule has 0 aliphatic carbocycles. The number of aliphatic imine (C=N–C) groups is 1. The molecule has 15 nitrogen and oxygen atoms in total. The molecule has 0 fully saturated rings. The number of carbonyl (C=O) groups is 4. The lowest BCUT2D eigenvalue weighted by molar-refractivity contribution is -0.145. The molecule has 15 heteroatoms. The number of aliphatic carboxylic acids is 1. The minimum atomic E-state index is -1.57. The highest BCUT2D eigenvalue weighted by Crippen LogP contribution is 2.02. The highest BCUT2D eigenvalue weighted by Gasteiger charge is 2.29. The Hall–Kier alpha value is -3.72. The number of nitrogens with zero attached hydrogens (tertiary/aromatic N) is 2. The van der Waals surface area contributed by atoms with Gasteiger partial charge in [0.25, 0.3) is 0 Å². The van der Waals surface area contributed by atoms with Gasteiger partial charge in [-0.15, -0.1) is 0 Å². The first-order valence-corrected chi connectivity index (χ1v) is 10.1. The van der Waals surface area contributed by atoms with Crippen LogP contribution in [0.5, 0.6) is 0 Å². The molecule has 1 rings (SSSR count). The van der Waals surface area contributed by atoms with Gasteiger partial charge < -0.3 is 48.3 Å². The maximum absolute atomic E-state index is 12.5. The average Bonchev–Trinajstić information content (AvgIpc) is 3.24. The van der Waals surface area contributed by atoms with E-state index in [1.54, 1.807) is 0 Å². The molecule has 0 aromatic carbocycles. The second kappa shape index (κ2) is 13.6. The monoisotopic (exact) mass is 469 g/mol. The van der Waals surface area contributed by atoms with Gasteiger partial charge in [0.2, 0.25) is 17.7 Å². The minimum absolute atomic E-state index is 0.0633. The number of carboxylic acid groups (broad SMARTS) is 1. The van der Waals surface area contributed by atoms with Crippen LogP contribution in [0, 0.1) is 0 Å². The maximum Gasteiger partial charge on any atom is 0.328 e. The highest BCUT2D eigenvalue weighted by atomic mass is 16.4. The molecule has 33 heavy (non-hydrogen) atoms. The number of aromatic amines is 1. The number of aliphatic hydroxyl groups is 1. The van der Waals surface area contributed by atoms with Crippen molar-refractivity contribution in [1.29, 1.82) is 0 Å². The molecule has 1 aromatic rings. The fourth-order valence-corrected chi connectivity index (χ4v) is 2.68. The molecule has 0 bridgehead atoms. The van der Waals surface area contributed by atoms with E-state index in [0.717, 1.165) is 0 Å². The number of guanidine groups is 1. The van der Waals surface area contributed by atoms with Crippen molar-refractivity contribution in [2.75, 3.05) is 13.1 Å². The molecule has 0 aliphatic rings. The fraction of sp³-hybridized carbons (Fsp3) is 0.556. The highest BCUT2D eigenvalue weighted by molar-refractivity contribution is 5.92. The zero-order valence-electron chi connectivity index (χ0n) is 18.2. The van der Waals surface area contributed by atoms with E-state index in [1.807, 2.05) is 0 Å². The first-order chi connectivity index (χ1) is 15.5. The van der Waals surface area contributed by atoms with Crippen LogP contribution in [-0.2, 0) is 25.6 Å². The number of imidazole rings is 1. The van der Waals surface area contributed by atoms with Gasteiger partial charge in [0.1, 0.15) is 6.04 Å². The van der Waals surface area contributed by atoms with Crippen LogP contribution in [0.2, 0.25) is 0 Å². The molecule has 0 radical (unpaired) electrons. The van der Waals surface area contributed by atoms with Gasteiger partial charge >= 0.3 is 5.97 Å². The van der Waals surface area contributed by atoms with Gasteiger partial charge in [-0.05, 0) is 19.8 Å². The van der Waals surface area contributed by atoms with Gasteiger partial charge in [-0.2, -0.15) is 0 Å². The third-order valence-electron chi connectivity index (χ3n) is 4.40. The largest absolute Gasteiger partial charge is 0.480 e. The molecule has 0 saturated carbocycles. The number of nitrogens with one attached hydrogen (secondary N) is 4. The molecule has 12 N–H and O–H groups in total. The van der Waals surface area contributed by atoms with Crippen LogP contribution in [0.1, 0.15) is 25.5 Å². The van der Waals surface area contributed by atoms with E-state index in [1.165, 1.54) is 19.4 Å². The first-order valence-electron chi connectivity index (χ1n) is 10.1. The number of aromatic nitrogens is 2. The van der Waals surface area contributed by atoms with Crippen molar-refractivity contribution in [1.82, 2.24) is 25.9 Å². The molecule has 184 valence electrons. The summed E-state index contributed by atoms with van der Waals surface area (Å²) < 4.78 is 0. The summed E-state index contributed by atoms with van der Waals surface area (Å²) in [5, 5.41) is 25.7. The lowest BCUT2D eigenvalue weighted by atomic mass is 10.1. The smallest absolute Gasteiger partial charge is 0.328 e. The molecular formula is C18H31N9O6. The van der Waals surface area contributed by atoms with Crippen molar-refractivity contribution in [2.24, 2.45) is 22.2 Å².